The zero-order chi connectivity index (χ0) is 10.8. The van der Waals surface area contributed by atoms with Gasteiger partial charge in [-0.1, -0.05) is 4.89 Å². The van der Waals surface area contributed by atoms with E-state index in [0.717, 1.165) is 3.79 Å². The lowest BCUT2D eigenvalue weighted by atomic mass is 10.7. The molecular weight excluding hydrogens is 358 g/mol. The zero-order valence-electron chi connectivity index (χ0n) is 7.08. The van der Waals surface area contributed by atoms with Crippen molar-refractivity contribution >= 4 is 53.2 Å². The summed E-state index contributed by atoms with van der Waals surface area (Å²) in [6, 6.07) is 1.51. The third-order valence-electron chi connectivity index (χ3n) is 1.23. The summed E-state index contributed by atoms with van der Waals surface area (Å²) >= 11 is 7.65. The molecule has 0 amide bonds. The number of sulfonamides is 1. The molecule has 0 aliphatic carbocycles. The molecule has 0 radical (unpaired) electrons. The van der Waals surface area contributed by atoms with Crippen molar-refractivity contribution in [2.75, 3.05) is 6.61 Å². The van der Waals surface area contributed by atoms with Gasteiger partial charge in [0.1, 0.15) is 4.90 Å². The Morgan fingerprint density at radius 2 is 2.21 bits per heavy atom. The van der Waals surface area contributed by atoms with Crippen molar-refractivity contribution in [3.63, 3.8) is 0 Å². The van der Waals surface area contributed by atoms with Crippen LogP contribution in [0.4, 0.5) is 0 Å². The summed E-state index contributed by atoms with van der Waals surface area (Å²) in [4.78, 5) is 6.82. The fourth-order valence-electron chi connectivity index (χ4n) is 0.690. The van der Waals surface area contributed by atoms with Gasteiger partial charge in [-0.15, -0.1) is 11.3 Å². The molecule has 0 bridgehead atoms. The Morgan fingerprint density at radius 1 is 1.57 bits per heavy atom. The van der Waals surface area contributed by atoms with Gasteiger partial charge in [-0.05, 0) is 44.8 Å². The Labute approximate surface area is 103 Å². The van der Waals surface area contributed by atoms with Crippen molar-refractivity contribution < 1.29 is 13.3 Å². The average Bonchev–Trinajstić information content (AvgIpc) is 2.42. The number of hydrogen-bond donors (Lipinski definition) is 1. The molecule has 0 saturated carbocycles. The monoisotopic (exact) mass is 363 g/mol. The quantitative estimate of drug-likeness (QED) is 0.835. The fourth-order valence-corrected chi connectivity index (χ4v) is 5.37. The second-order valence-electron chi connectivity index (χ2n) is 2.21. The lowest BCUT2D eigenvalue weighted by Crippen LogP contribution is -2.23. The Balaban J connectivity index is 2.98. The van der Waals surface area contributed by atoms with Crippen molar-refractivity contribution in [3.8, 4) is 0 Å². The standard InChI is InChI=1S/C6H7Br2NO3S2/c1-2-12-9-14(10,11)4-3-5(7)13-6(4)8/h3,9H,2H2,1H3. The van der Waals surface area contributed by atoms with Crippen molar-refractivity contribution in [3.05, 3.63) is 13.6 Å². The molecule has 0 fully saturated rings. The summed E-state index contributed by atoms with van der Waals surface area (Å²) in [6.45, 7) is 1.98. The third-order valence-corrected chi connectivity index (χ3v) is 5.20. The van der Waals surface area contributed by atoms with Crippen LogP contribution in [0.5, 0.6) is 0 Å². The van der Waals surface area contributed by atoms with Crippen molar-refractivity contribution in [1.82, 2.24) is 4.89 Å². The van der Waals surface area contributed by atoms with Crippen LogP contribution >= 0.6 is 43.2 Å². The molecule has 1 aromatic heterocycles. The summed E-state index contributed by atoms with van der Waals surface area (Å²) in [7, 11) is -3.57. The van der Waals surface area contributed by atoms with Gasteiger partial charge in [-0.2, -0.15) is 0 Å². The van der Waals surface area contributed by atoms with Crippen molar-refractivity contribution in [2.24, 2.45) is 0 Å². The van der Waals surface area contributed by atoms with Crippen LogP contribution in [0.2, 0.25) is 0 Å². The number of hydrogen-bond acceptors (Lipinski definition) is 4. The molecule has 0 aromatic carbocycles. The van der Waals surface area contributed by atoms with Gasteiger partial charge in [0, 0.05) is 0 Å². The number of nitrogens with one attached hydrogen (secondary N) is 1. The predicted molar refractivity (Wildman–Crippen MR) is 61.7 cm³/mol. The van der Waals surface area contributed by atoms with Crippen LogP contribution in [0, 0.1) is 0 Å². The van der Waals surface area contributed by atoms with E-state index < -0.39 is 10.0 Å². The van der Waals surface area contributed by atoms with E-state index in [1.54, 1.807) is 6.92 Å². The average molecular weight is 365 g/mol. The zero-order valence-corrected chi connectivity index (χ0v) is 11.9. The minimum atomic E-state index is -3.57. The number of rotatable bonds is 4. The lowest BCUT2D eigenvalue weighted by molar-refractivity contribution is 0.105. The highest BCUT2D eigenvalue weighted by Gasteiger charge is 2.20. The molecule has 0 unspecified atom stereocenters. The molecule has 0 saturated heterocycles. The predicted octanol–water partition coefficient (Wildman–Crippen LogP) is 2.50. The van der Waals surface area contributed by atoms with Gasteiger partial charge in [0.25, 0.3) is 10.0 Å². The first kappa shape index (κ1) is 12.6. The minimum absolute atomic E-state index is 0.169. The molecule has 1 rings (SSSR count). The van der Waals surface area contributed by atoms with E-state index in [0.29, 0.717) is 3.79 Å². The van der Waals surface area contributed by atoms with Crippen LogP contribution in [-0.4, -0.2) is 15.0 Å². The molecular formula is C6H7Br2NO3S2. The highest BCUT2D eigenvalue weighted by Crippen LogP contribution is 2.34. The maximum atomic E-state index is 11.5. The van der Waals surface area contributed by atoms with Gasteiger partial charge < -0.3 is 0 Å². The minimum Gasteiger partial charge on any atom is -0.287 e. The third kappa shape index (κ3) is 3.01. The van der Waals surface area contributed by atoms with Crippen molar-refractivity contribution in [1.29, 1.82) is 0 Å². The second-order valence-corrected chi connectivity index (χ2v) is 7.57. The molecule has 0 aliphatic rings. The van der Waals surface area contributed by atoms with Gasteiger partial charge in [0.2, 0.25) is 0 Å². The molecule has 4 nitrogen and oxygen atoms in total. The molecule has 0 spiro atoms. The van der Waals surface area contributed by atoms with Gasteiger partial charge in [0.15, 0.2) is 0 Å². The topological polar surface area (TPSA) is 55.4 Å². The smallest absolute Gasteiger partial charge is 0.264 e. The number of halogens is 2. The van der Waals surface area contributed by atoms with E-state index in [2.05, 4.69) is 36.7 Å². The SMILES string of the molecule is CCONS(=O)(=O)c1cc(Br)sc1Br. The summed E-state index contributed by atoms with van der Waals surface area (Å²) in [5.41, 5.74) is 0. The van der Waals surface area contributed by atoms with Crippen molar-refractivity contribution in [2.45, 2.75) is 11.8 Å². The van der Waals surface area contributed by atoms with E-state index in [4.69, 9.17) is 0 Å². The highest BCUT2D eigenvalue weighted by atomic mass is 79.9. The lowest BCUT2D eigenvalue weighted by Gasteiger charge is -2.03. The Morgan fingerprint density at radius 3 is 2.64 bits per heavy atom. The molecule has 1 aromatic rings. The summed E-state index contributed by atoms with van der Waals surface area (Å²) in [5.74, 6) is 0. The summed E-state index contributed by atoms with van der Waals surface area (Å²) in [5, 5.41) is 0. The summed E-state index contributed by atoms with van der Waals surface area (Å²) in [6.07, 6.45) is 0. The highest BCUT2D eigenvalue weighted by molar-refractivity contribution is 9.12. The van der Waals surface area contributed by atoms with Crippen LogP contribution in [0.15, 0.2) is 18.5 Å². The van der Waals surface area contributed by atoms with E-state index in [1.165, 1.54) is 17.4 Å². The molecule has 1 heterocycles. The van der Waals surface area contributed by atoms with Gasteiger partial charge in [-0.25, -0.2) is 8.42 Å². The van der Waals surface area contributed by atoms with Crippen LogP contribution in [-0.2, 0) is 14.9 Å². The molecule has 0 atom stereocenters. The maximum Gasteiger partial charge on any atom is 0.264 e. The number of thiophene rings is 1. The molecule has 0 aliphatic heterocycles. The van der Waals surface area contributed by atoms with Crippen LogP contribution in [0.25, 0.3) is 0 Å². The fraction of sp³-hybridized carbons (Fsp3) is 0.333. The van der Waals surface area contributed by atoms with Crippen LogP contribution in [0.1, 0.15) is 6.92 Å². The Bertz CT molecular complexity index is 415. The largest absolute Gasteiger partial charge is 0.287 e. The first-order chi connectivity index (χ1) is 6.47. The normalized spacial score (nSPS) is 11.9. The van der Waals surface area contributed by atoms with E-state index in [-0.39, 0.29) is 11.5 Å². The summed E-state index contributed by atoms with van der Waals surface area (Å²) < 4.78 is 24.4. The second kappa shape index (κ2) is 5.04. The van der Waals surface area contributed by atoms with Gasteiger partial charge >= 0.3 is 0 Å². The van der Waals surface area contributed by atoms with Crippen LogP contribution < -0.4 is 4.89 Å². The Hall–Kier alpha value is 0.530. The molecule has 14 heavy (non-hydrogen) atoms. The molecule has 80 valence electrons. The van der Waals surface area contributed by atoms with Gasteiger partial charge in [-0.3, -0.25) is 4.84 Å². The molecule has 8 heteroatoms. The van der Waals surface area contributed by atoms with E-state index >= 15 is 0 Å². The first-order valence-electron chi connectivity index (χ1n) is 3.56. The van der Waals surface area contributed by atoms with E-state index in [1.807, 2.05) is 4.89 Å². The Kier molecular flexibility index (Phi) is 4.54. The van der Waals surface area contributed by atoms with E-state index in [9.17, 15) is 8.42 Å². The van der Waals surface area contributed by atoms with Gasteiger partial charge in [0.05, 0.1) is 14.2 Å². The first-order valence-corrected chi connectivity index (χ1v) is 7.44. The maximum absolute atomic E-state index is 11.5. The van der Waals surface area contributed by atoms with Crippen LogP contribution in [0.3, 0.4) is 0 Å². The molecule has 1 N–H and O–H groups in total.